The van der Waals surface area contributed by atoms with Crippen LogP contribution in [-0.2, 0) is 0 Å². The van der Waals surface area contributed by atoms with Gasteiger partial charge < -0.3 is 5.73 Å². The molecule has 3 aromatic rings. The van der Waals surface area contributed by atoms with Crippen LogP contribution in [0.2, 0.25) is 0 Å². The highest BCUT2D eigenvalue weighted by Gasteiger charge is 2.16. The van der Waals surface area contributed by atoms with Crippen molar-refractivity contribution in [2.75, 3.05) is 5.73 Å². The molecule has 1 aliphatic carbocycles. The Hall–Kier alpha value is -2.43. The molecular formula is C17H19N5. The van der Waals surface area contributed by atoms with Gasteiger partial charge in [-0.2, -0.15) is 14.6 Å². The van der Waals surface area contributed by atoms with Gasteiger partial charge in [-0.1, -0.05) is 43.5 Å². The molecule has 0 atom stereocenters. The molecule has 22 heavy (non-hydrogen) atoms. The molecular weight excluding hydrogens is 274 g/mol. The molecule has 0 spiro atoms. The van der Waals surface area contributed by atoms with E-state index in [1.807, 2.05) is 0 Å². The third-order valence-corrected chi connectivity index (χ3v) is 4.64. The lowest BCUT2D eigenvalue weighted by atomic mass is 9.84. The Bertz CT molecular complexity index is 784. The van der Waals surface area contributed by atoms with Crippen LogP contribution in [0.3, 0.4) is 0 Å². The predicted octanol–water partition coefficient (Wildman–Crippen LogP) is 3.42. The number of rotatable bonds is 2. The number of nitrogen functional groups attached to an aromatic ring is 1. The second kappa shape index (κ2) is 5.40. The summed E-state index contributed by atoms with van der Waals surface area (Å²) in [5.74, 6) is 1.82. The maximum atomic E-state index is 6.20. The molecule has 112 valence electrons. The minimum atomic E-state index is 0.528. The van der Waals surface area contributed by atoms with E-state index in [2.05, 4.69) is 39.3 Å². The lowest BCUT2D eigenvalue weighted by molar-refractivity contribution is 0.443. The molecule has 0 amide bonds. The van der Waals surface area contributed by atoms with Crippen molar-refractivity contribution < 1.29 is 0 Å². The van der Waals surface area contributed by atoms with Gasteiger partial charge in [-0.15, -0.1) is 0 Å². The van der Waals surface area contributed by atoms with Crippen LogP contribution in [0.4, 0.5) is 5.82 Å². The molecule has 5 nitrogen and oxygen atoms in total. The second-order valence-corrected chi connectivity index (χ2v) is 5.99. The monoisotopic (exact) mass is 293 g/mol. The van der Waals surface area contributed by atoms with E-state index in [0.717, 1.165) is 17.0 Å². The first-order chi connectivity index (χ1) is 10.8. The van der Waals surface area contributed by atoms with Gasteiger partial charge in [0.15, 0.2) is 0 Å². The summed E-state index contributed by atoms with van der Waals surface area (Å²) in [6.45, 7) is 0. The molecule has 4 rings (SSSR count). The van der Waals surface area contributed by atoms with Gasteiger partial charge in [0, 0.05) is 11.8 Å². The summed E-state index contributed by atoms with van der Waals surface area (Å²) in [7, 11) is 0. The Morgan fingerprint density at radius 2 is 1.77 bits per heavy atom. The van der Waals surface area contributed by atoms with Crippen molar-refractivity contribution in [1.82, 2.24) is 19.6 Å². The van der Waals surface area contributed by atoms with Gasteiger partial charge in [-0.3, -0.25) is 0 Å². The molecule has 1 aromatic carbocycles. The van der Waals surface area contributed by atoms with Crippen molar-refractivity contribution in [2.45, 2.75) is 38.0 Å². The van der Waals surface area contributed by atoms with Gasteiger partial charge in [0.25, 0.3) is 5.78 Å². The van der Waals surface area contributed by atoms with Crippen LogP contribution in [0, 0.1) is 0 Å². The summed E-state index contributed by atoms with van der Waals surface area (Å²) in [4.78, 5) is 8.35. The van der Waals surface area contributed by atoms with Crippen molar-refractivity contribution in [1.29, 1.82) is 0 Å². The highest BCUT2D eigenvalue weighted by molar-refractivity contribution is 5.74. The fourth-order valence-corrected chi connectivity index (χ4v) is 3.39. The maximum absolute atomic E-state index is 6.20. The third-order valence-electron chi connectivity index (χ3n) is 4.64. The molecule has 1 saturated carbocycles. The average Bonchev–Trinajstić information content (AvgIpc) is 3.06. The Kier molecular flexibility index (Phi) is 3.25. The van der Waals surface area contributed by atoms with E-state index in [0.29, 0.717) is 11.6 Å². The molecule has 0 radical (unpaired) electrons. The fourth-order valence-electron chi connectivity index (χ4n) is 3.39. The number of nitrogens with two attached hydrogens (primary N) is 1. The van der Waals surface area contributed by atoms with Crippen LogP contribution in [0.25, 0.3) is 16.9 Å². The van der Waals surface area contributed by atoms with Crippen molar-refractivity contribution in [3.63, 3.8) is 0 Å². The van der Waals surface area contributed by atoms with Crippen LogP contribution in [-0.4, -0.2) is 19.6 Å². The summed E-state index contributed by atoms with van der Waals surface area (Å²) < 4.78 is 1.57. The van der Waals surface area contributed by atoms with Crippen LogP contribution < -0.4 is 5.73 Å². The Balaban J connectivity index is 1.68. The molecule has 1 aliphatic rings. The Morgan fingerprint density at radius 1 is 1.00 bits per heavy atom. The number of hydrogen-bond donors (Lipinski definition) is 1. The minimum absolute atomic E-state index is 0.528. The summed E-state index contributed by atoms with van der Waals surface area (Å²) in [6.07, 6.45) is 9.96. The minimum Gasteiger partial charge on any atom is -0.383 e. The fraction of sp³-hybridized carbons (Fsp3) is 0.353. The number of aromatic nitrogens is 4. The normalized spacial score (nSPS) is 16.2. The van der Waals surface area contributed by atoms with E-state index in [1.54, 1.807) is 10.7 Å². The molecule has 1 fully saturated rings. The van der Waals surface area contributed by atoms with Gasteiger partial charge in [0.2, 0.25) is 0 Å². The van der Waals surface area contributed by atoms with Gasteiger partial charge in [0.05, 0.1) is 0 Å². The smallest absolute Gasteiger partial charge is 0.254 e. The van der Waals surface area contributed by atoms with E-state index in [1.165, 1.54) is 44.0 Å². The third kappa shape index (κ3) is 2.22. The van der Waals surface area contributed by atoms with Crippen LogP contribution in [0.1, 0.15) is 43.6 Å². The Labute approximate surface area is 129 Å². The maximum Gasteiger partial charge on any atom is 0.254 e. The van der Waals surface area contributed by atoms with Crippen LogP contribution >= 0.6 is 0 Å². The molecule has 0 aliphatic heterocycles. The second-order valence-electron chi connectivity index (χ2n) is 5.99. The van der Waals surface area contributed by atoms with E-state index in [9.17, 15) is 0 Å². The standard InChI is InChI=1S/C17H19N5/c18-16-15(10-19-17-20-11-21-22(16)17)14-8-6-13(7-9-14)12-4-2-1-3-5-12/h6-12H,1-5,18H2. The summed E-state index contributed by atoms with van der Waals surface area (Å²) >= 11 is 0. The highest BCUT2D eigenvalue weighted by Crippen LogP contribution is 2.34. The van der Waals surface area contributed by atoms with E-state index < -0.39 is 0 Å². The van der Waals surface area contributed by atoms with E-state index >= 15 is 0 Å². The number of anilines is 1. The molecule has 2 heterocycles. The first-order valence-corrected chi connectivity index (χ1v) is 7.87. The SMILES string of the molecule is Nc1c(-c2ccc(C3CCCCC3)cc2)cnc2ncnn12. The largest absolute Gasteiger partial charge is 0.383 e. The van der Waals surface area contributed by atoms with Gasteiger partial charge in [0.1, 0.15) is 12.1 Å². The van der Waals surface area contributed by atoms with Crippen molar-refractivity contribution >= 4 is 11.6 Å². The number of nitrogens with zero attached hydrogens (tertiary/aromatic N) is 4. The van der Waals surface area contributed by atoms with Gasteiger partial charge in [-0.25, -0.2) is 4.98 Å². The quantitative estimate of drug-likeness (QED) is 0.786. The number of benzene rings is 1. The molecule has 5 heteroatoms. The zero-order valence-electron chi connectivity index (χ0n) is 12.4. The molecule has 0 unspecified atom stereocenters. The average molecular weight is 293 g/mol. The molecule has 0 saturated heterocycles. The lowest BCUT2D eigenvalue weighted by Crippen LogP contribution is -2.05. The van der Waals surface area contributed by atoms with Gasteiger partial charge in [-0.05, 0) is 29.9 Å². The van der Waals surface area contributed by atoms with Crippen molar-refractivity contribution in [3.05, 3.63) is 42.4 Å². The number of hydrogen-bond acceptors (Lipinski definition) is 4. The summed E-state index contributed by atoms with van der Waals surface area (Å²) in [5, 5.41) is 4.11. The van der Waals surface area contributed by atoms with E-state index in [4.69, 9.17) is 5.73 Å². The first kappa shape index (κ1) is 13.2. The molecule has 2 aromatic heterocycles. The summed E-state index contributed by atoms with van der Waals surface area (Å²) in [6, 6.07) is 8.74. The molecule has 0 bridgehead atoms. The zero-order chi connectivity index (χ0) is 14.9. The topological polar surface area (TPSA) is 69.1 Å². The zero-order valence-corrected chi connectivity index (χ0v) is 12.4. The van der Waals surface area contributed by atoms with Crippen LogP contribution in [0.5, 0.6) is 0 Å². The first-order valence-electron chi connectivity index (χ1n) is 7.87. The lowest BCUT2D eigenvalue weighted by Gasteiger charge is -2.22. The predicted molar refractivity (Wildman–Crippen MR) is 86.5 cm³/mol. The van der Waals surface area contributed by atoms with Crippen molar-refractivity contribution in [2.24, 2.45) is 0 Å². The summed E-state index contributed by atoms with van der Waals surface area (Å²) in [5.41, 5.74) is 9.61. The Morgan fingerprint density at radius 3 is 2.55 bits per heavy atom. The van der Waals surface area contributed by atoms with Crippen LogP contribution in [0.15, 0.2) is 36.8 Å². The molecule has 2 N–H and O–H groups in total. The van der Waals surface area contributed by atoms with Gasteiger partial charge >= 0.3 is 0 Å². The number of fused-ring (bicyclic) bond motifs is 1. The highest BCUT2D eigenvalue weighted by atomic mass is 15.3. The van der Waals surface area contributed by atoms with Crippen molar-refractivity contribution in [3.8, 4) is 11.1 Å². The van der Waals surface area contributed by atoms with E-state index in [-0.39, 0.29) is 0 Å².